The van der Waals surface area contributed by atoms with E-state index in [1.165, 1.54) is 0 Å². The fourth-order valence-corrected chi connectivity index (χ4v) is 9.64. The molecule has 6 aromatic rings. The number of hydrogen-bond acceptors (Lipinski definition) is 6. The Bertz CT molecular complexity index is 1600. The van der Waals surface area contributed by atoms with E-state index in [4.69, 9.17) is 27.8 Å². The van der Waals surface area contributed by atoms with Crippen molar-refractivity contribution in [2.24, 2.45) is 0 Å². The van der Waals surface area contributed by atoms with Gasteiger partial charge in [0.2, 0.25) is 0 Å². The molecule has 5 aromatic carbocycles. The average molecular weight is 600 g/mol. The molecule has 11 heteroatoms. The Hall–Kier alpha value is -4.60. The van der Waals surface area contributed by atoms with Gasteiger partial charge in [-0.3, -0.25) is 0 Å². The number of para-hydroxylation sites is 5. The maximum Gasteiger partial charge on any atom is 0.442 e. The average Bonchev–Trinajstić information content (AvgIpc) is 3.03. The van der Waals surface area contributed by atoms with Gasteiger partial charge in [0.05, 0.1) is 8.51 Å². The highest BCUT2D eigenvalue weighted by molar-refractivity contribution is 7.59. The second-order valence-electron chi connectivity index (χ2n) is 8.37. The molecule has 41 heavy (non-hydrogen) atoms. The summed E-state index contributed by atoms with van der Waals surface area (Å²) in [7, 11) is -5.43. The van der Waals surface area contributed by atoms with E-state index in [0.717, 1.165) is 0 Å². The van der Waals surface area contributed by atoms with Gasteiger partial charge < -0.3 is 23.2 Å². The zero-order chi connectivity index (χ0) is 27.7. The van der Waals surface area contributed by atoms with Crippen molar-refractivity contribution in [1.29, 1.82) is 0 Å². The lowest BCUT2D eigenvalue weighted by Crippen LogP contribution is -2.16. The first-order chi connectivity index (χ1) is 20.3. The number of hydrogen-bond donors (Lipinski definition) is 0. The van der Waals surface area contributed by atoms with E-state index in [9.17, 15) is 0 Å². The summed E-state index contributed by atoms with van der Waals surface area (Å²) in [5.41, 5.74) is 0. The zero-order valence-electron chi connectivity index (χ0n) is 21.7. The summed E-state index contributed by atoms with van der Waals surface area (Å²) in [6.07, 6.45) is 0. The molecule has 0 aliphatic rings. The lowest BCUT2D eigenvalue weighted by atomic mass is 10.3. The van der Waals surface area contributed by atoms with Crippen LogP contribution in [0.5, 0.6) is 28.7 Å². The molecule has 0 radical (unpaired) electrons. The minimum atomic E-state index is -1.86. The van der Waals surface area contributed by atoms with Gasteiger partial charge in [-0.25, -0.2) is 0 Å². The van der Waals surface area contributed by atoms with Crippen LogP contribution in [0, 0.1) is 0 Å². The van der Waals surface area contributed by atoms with E-state index < -0.39 is 24.2 Å². The van der Waals surface area contributed by atoms with Gasteiger partial charge in [0, 0.05) is 4.51 Å². The second-order valence-corrected chi connectivity index (χ2v) is 13.2. The van der Waals surface area contributed by atoms with Crippen molar-refractivity contribution in [2.45, 2.75) is 0 Å². The van der Waals surface area contributed by atoms with Crippen LogP contribution in [0.15, 0.2) is 152 Å². The number of nitrogens with zero attached hydrogens (tertiary/aromatic N) is 3. The fourth-order valence-electron chi connectivity index (χ4n) is 3.52. The molecule has 0 amide bonds. The largest absolute Gasteiger partial charge is 0.442 e. The highest BCUT2D eigenvalue weighted by Gasteiger charge is 2.34. The van der Waals surface area contributed by atoms with Crippen LogP contribution in [-0.2, 0) is 0 Å². The summed E-state index contributed by atoms with van der Waals surface area (Å²) >= 11 is 0. The molecule has 0 spiro atoms. The van der Waals surface area contributed by atoms with Gasteiger partial charge in [-0.05, 0) is 60.7 Å². The van der Waals surface area contributed by atoms with E-state index >= 15 is 0 Å². The topological polar surface area (TPSA) is 68.9 Å². The van der Waals surface area contributed by atoms with Crippen molar-refractivity contribution < 1.29 is 23.2 Å². The summed E-state index contributed by atoms with van der Waals surface area (Å²) in [4.78, 5) is 12.9. The summed E-state index contributed by atoms with van der Waals surface area (Å²) in [5.74, 6) is 3.13. The standard InChI is InChI=1S/C30H25N3O5P3/c1-6-16-26(17-7-1)34-32-39(36-28-20-10-3-11-21-28)31-40(37-29-22-12-4-13-23-29)33(35-27-18-8-2-9-19-27)41(32)38-30-24-14-5-15-25-30/h1-25H/q+1. The normalized spacial score (nSPS) is 11.8. The molecule has 0 bridgehead atoms. The summed E-state index contributed by atoms with van der Waals surface area (Å²) < 4.78 is 27.9. The Kier molecular flexibility index (Phi) is 8.55. The third-order valence-corrected chi connectivity index (χ3v) is 11.1. The molecular weight excluding hydrogens is 575 g/mol. The minimum absolute atomic E-state index is 0.603. The predicted molar refractivity (Wildman–Crippen MR) is 163 cm³/mol. The van der Waals surface area contributed by atoms with Crippen LogP contribution in [0.1, 0.15) is 0 Å². The third kappa shape index (κ3) is 6.95. The first-order valence-corrected chi connectivity index (χ1v) is 16.2. The first-order valence-electron chi connectivity index (χ1n) is 12.7. The summed E-state index contributed by atoms with van der Waals surface area (Å²) in [6.45, 7) is 0. The molecule has 0 N–H and O–H groups in total. The van der Waals surface area contributed by atoms with Crippen molar-refractivity contribution in [3.8, 4) is 28.7 Å². The van der Waals surface area contributed by atoms with Crippen molar-refractivity contribution >= 4 is 24.2 Å². The van der Waals surface area contributed by atoms with Crippen molar-refractivity contribution in [1.82, 2.24) is 13.0 Å². The van der Waals surface area contributed by atoms with Gasteiger partial charge in [0.1, 0.15) is 0 Å². The molecular formula is C30H25N3O5P3+. The van der Waals surface area contributed by atoms with Gasteiger partial charge in [-0.15, -0.1) is 0 Å². The Labute approximate surface area is 240 Å². The predicted octanol–water partition coefficient (Wildman–Crippen LogP) is 9.26. The van der Waals surface area contributed by atoms with E-state index in [2.05, 4.69) is 0 Å². The molecule has 0 aliphatic carbocycles. The van der Waals surface area contributed by atoms with Crippen LogP contribution in [0.25, 0.3) is 0 Å². The van der Waals surface area contributed by atoms with Gasteiger partial charge in [0.15, 0.2) is 28.7 Å². The maximum absolute atomic E-state index is 6.64. The molecule has 204 valence electrons. The number of rotatable bonds is 10. The fraction of sp³-hybridized carbons (Fsp3) is 0. The van der Waals surface area contributed by atoms with Gasteiger partial charge in [0.25, 0.3) is 0 Å². The Balaban J connectivity index is 1.58. The molecule has 1 aromatic heterocycles. The lowest BCUT2D eigenvalue weighted by molar-refractivity contribution is 0.228. The molecule has 1 heterocycles. The molecule has 2 unspecified atom stereocenters. The summed E-state index contributed by atoms with van der Waals surface area (Å²) in [5, 5.41) is 0. The van der Waals surface area contributed by atoms with Gasteiger partial charge in [-0.1, -0.05) is 91.0 Å². The SMILES string of the molecule is c1ccc(On2p(Oc3ccccc3)n[p+](Oc3ccccc3)n(Oc3ccccc3)p2Oc2ccccc2)cc1. The van der Waals surface area contributed by atoms with Gasteiger partial charge >= 0.3 is 24.2 Å². The highest BCUT2D eigenvalue weighted by atomic mass is 31.2. The minimum Gasteiger partial charge on any atom is -0.357 e. The molecule has 0 saturated carbocycles. The Morgan fingerprint density at radius 1 is 0.463 bits per heavy atom. The monoisotopic (exact) mass is 600 g/mol. The summed E-state index contributed by atoms with van der Waals surface area (Å²) in [6, 6.07) is 47.5. The molecule has 2 atom stereocenters. The molecule has 6 rings (SSSR count). The molecule has 8 nitrogen and oxygen atoms in total. The van der Waals surface area contributed by atoms with Gasteiger partial charge in [-0.2, -0.15) is 0 Å². The molecule has 0 aliphatic heterocycles. The number of aromatic nitrogens is 3. The zero-order valence-corrected chi connectivity index (χ0v) is 24.3. The first kappa shape index (κ1) is 26.6. The van der Waals surface area contributed by atoms with Crippen LogP contribution in [0.3, 0.4) is 0 Å². The van der Waals surface area contributed by atoms with Crippen LogP contribution < -0.4 is 23.2 Å². The van der Waals surface area contributed by atoms with Crippen LogP contribution in [0.2, 0.25) is 0 Å². The number of benzene rings is 5. The van der Waals surface area contributed by atoms with E-state index in [1.807, 2.05) is 152 Å². The van der Waals surface area contributed by atoms with E-state index in [-0.39, 0.29) is 0 Å². The highest BCUT2D eigenvalue weighted by Crippen LogP contribution is 2.47. The smallest absolute Gasteiger partial charge is 0.357 e. The van der Waals surface area contributed by atoms with E-state index in [1.54, 1.807) is 8.51 Å². The maximum atomic E-state index is 6.64. The molecule has 0 fully saturated rings. The van der Waals surface area contributed by atoms with Crippen LogP contribution in [-0.4, -0.2) is 13.0 Å². The Morgan fingerprint density at radius 3 is 1.39 bits per heavy atom. The van der Waals surface area contributed by atoms with E-state index in [0.29, 0.717) is 28.7 Å². The van der Waals surface area contributed by atoms with Crippen molar-refractivity contribution in [3.63, 3.8) is 0 Å². The Morgan fingerprint density at radius 2 is 0.878 bits per heavy atom. The van der Waals surface area contributed by atoms with Crippen molar-refractivity contribution in [3.05, 3.63) is 152 Å². The second kappa shape index (κ2) is 13.2. The van der Waals surface area contributed by atoms with Crippen LogP contribution in [0.4, 0.5) is 0 Å². The third-order valence-electron chi connectivity index (χ3n) is 5.39. The quantitative estimate of drug-likeness (QED) is 0.156. The van der Waals surface area contributed by atoms with Crippen molar-refractivity contribution in [2.75, 3.05) is 0 Å². The molecule has 0 saturated heterocycles. The lowest BCUT2D eigenvalue weighted by Gasteiger charge is -2.16. The van der Waals surface area contributed by atoms with Crippen LogP contribution >= 0.6 is 24.2 Å².